The smallest absolute Gasteiger partial charge is 0.231 e. The number of anilines is 1. The lowest BCUT2D eigenvalue weighted by Crippen LogP contribution is -2.23. The summed E-state index contributed by atoms with van der Waals surface area (Å²) in [6, 6.07) is 16.5. The number of halogens is 1. The van der Waals surface area contributed by atoms with Crippen molar-refractivity contribution in [1.82, 2.24) is 5.16 Å². The van der Waals surface area contributed by atoms with Gasteiger partial charge in [-0.25, -0.2) is 4.39 Å². The van der Waals surface area contributed by atoms with Crippen LogP contribution in [0, 0.1) is 5.82 Å². The highest BCUT2D eigenvalue weighted by Gasteiger charge is 2.12. The van der Waals surface area contributed by atoms with Gasteiger partial charge in [-0.15, -0.1) is 0 Å². The summed E-state index contributed by atoms with van der Waals surface area (Å²) in [5, 5.41) is 7.00. The van der Waals surface area contributed by atoms with E-state index in [9.17, 15) is 4.39 Å². The average Bonchev–Trinajstić information content (AvgIpc) is 3.23. The zero-order valence-corrected chi connectivity index (χ0v) is 18.4. The lowest BCUT2D eigenvalue weighted by molar-refractivity contribution is 0.0748. The van der Waals surface area contributed by atoms with Crippen LogP contribution in [0.5, 0.6) is 0 Å². The Morgan fingerprint density at radius 2 is 1.94 bits per heavy atom. The molecule has 0 amide bonds. The van der Waals surface area contributed by atoms with Gasteiger partial charge in [0.1, 0.15) is 5.82 Å². The fourth-order valence-electron chi connectivity index (χ4n) is 3.23. The van der Waals surface area contributed by atoms with E-state index in [-0.39, 0.29) is 17.7 Å². The number of benzene rings is 2. The predicted molar refractivity (Wildman–Crippen MR) is 123 cm³/mol. The Kier molecular flexibility index (Phi) is 8.77. The highest BCUT2D eigenvalue weighted by Crippen LogP contribution is 2.26. The number of guanidine groups is 1. The molecule has 0 saturated heterocycles. The van der Waals surface area contributed by atoms with Gasteiger partial charge in [-0.05, 0) is 29.5 Å². The molecule has 0 aliphatic heterocycles. The summed E-state index contributed by atoms with van der Waals surface area (Å²) in [4.78, 5) is 4.18. The van der Waals surface area contributed by atoms with E-state index >= 15 is 0 Å². The topological polar surface area (TPSA) is 94.9 Å². The van der Waals surface area contributed by atoms with Crippen LogP contribution in [-0.2, 0) is 15.9 Å². The number of aliphatic imine (C=N–C) groups is 1. The molecule has 7 nitrogen and oxygen atoms in total. The van der Waals surface area contributed by atoms with Crippen LogP contribution in [0.2, 0.25) is 0 Å². The van der Waals surface area contributed by atoms with Gasteiger partial charge >= 0.3 is 0 Å². The number of nitrogens with zero attached hydrogens (tertiary/aromatic N) is 2. The maximum Gasteiger partial charge on any atom is 0.231 e. The Bertz CT molecular complexity index is 1000. The molecular weight excluding hydrogens is 411 g/mol. The van der Waals surface area contributed by atoms with Crippen molar-refractivity contribution in [1.29, 1.82) is 0 Å². The van der Waals surface area contributed by atoms with Crippen LogP contribution in [0.1, 0.15) is 24.1 Å². The van der Waals surface area contributed by atoms with E-state index in [1.807, 2.05) is 36.4 Å². The Morgan fingerprint density at radius 1 is 1.16 bits per heavy atom. The van der Waals surface area contributed by atoms with Crippen LogP contribution in [-0.4, -0.2) is 44.6 Å². The molecule has 0 radical (unpaired) electrons. The second-order valence-electron chi connectivity index (χ2n) is 7.39. The third-order valence-electron chi connectivity index (χ3n) is 4.94. The van der Waals surface area contributed by atoms with Crippen LogP contribution in [0.25, 0.3) is 11.1 Å². The minimum Gasteiger partial charge on any atom is -0.382 e. The summed E-state index contributed by atoms with van der Waals surface area (Å²) in [6.07, 6.45) is 0.689. The molecule has 0 aliphatic rings. The molecule has 1 atom stereocenters. The molecule has 170 valence electrons. The molecule has 0 aliphatic carbocycles. The van der Waals surface area contributed by atoms with E-state index in [4.69, 9.17) is 19.7 Å². The number of hydrogen-bond acceptors (Lipinski definition) is 5. The van der Waals surface area contributed by atoms with Gasteiger partial charge in [0.05, 0.1) is 32.1 Å². The van der Waals surface area contributed by atoms with Crippen molar-refractivity contribution in [3.63, 3.8) is 0 Å². The Labute approximate surface area is 187 Å². The quantitative estimate of drug-likeness (QED) is 0.263. The number of rotatable bonds is 11. The monoisotopic (exact) mass is 440 g/mol. The van der Waals surface area contributed by atoms with Gasteiger partial charge in [0, 0.05) is 18.7 Å². The number of nitrogens with one attached hydrogen (secondary N) is 1. The Balaban J connectivity index is 1.51. The first-order valence-electron chi connectivity index (χ1n) is 10.5. The van der Waals surface area contributed by atoms with Crippen molar-refractivity contribution in [2.45, 2.75) is 19.3 Å². The van der Waals surface area contributed by atoms with Gasteiger partial charge in [-0.2, -0.15) is 0 Å². The summed E-state index contributed by atoms with van der Waals surface area (Å²) >= 11 is 0. The SMILES string of the molecule is COCCOCCN=C(N)Nc1cc(CC(C)c2ccc(-c3ccccc3F)cc2)no1. The standard InChI is InChI=1S/C24H29FN4O3/c1-17(18-7-9-19(10-8-18)21-5-3-4-6-22(21)25)15-20-16-23(32-29-20)28-24(26)27-11-12-31-14-13-30-2/h3-10,16-17H,11-15H2,1-2H3,(H3,26,27,28). The van der Waals surface area contributed by atoms with E-state index in [2.05, 4.69) is 22.4 Å². The van der Waals surface area contributed by atoms with E-state index in [0.29, 0.717) is 44.2 Å². The van der Waals surface area contributed by atoms with Crippen molar-refractivity contribution >= 4 is 11.8 Å². The first-order chi connectivity index (χ1) is 15.6. The van der Waals surface area contributed by atoms with Gasteiger partial charge < -0.3 is 19.7 Å². The van der Waals surface area contributed by atoms with Crippen molar-refractivity contribution in [2.75, 3.05) is 38.8 Å². The Hall–Kier alpha value is -3.23. The van der Waals surface area contributed by atoms with Crippen LogP contribution in [0.3, 0.4) is 0 Å². The fourth-order valence-corrected chi connectivity index (χ4v) is 3.23. The van der Waals surface area contributed by atoms with Gasteiger partial charge in [0.15, 0.2) is 5.96 Å². The van der Waals surface area contributed by atoms with Gasteiger partial charge in [0.25, 0.3) is 0 Å². The van der Waals surface area contributed by atoms with Gasteiger partial charge in [-0.1, -0.05) is 54.5 Å². The molecule has 1 heterocycles. The Morgan fingerprint density at radius 3 is 2.69 bits per heavy atom. The summed E-state index contributed by atoms with van der Waals surface area (Å²) in [5.41, 5.74) is 9.25. The second kappa shape index (κ2) is 12.0. The molecule has 3 aromatic rings. The van der Waals surface area contributed by atoms with Crippen molar-refractivity contribution in [3.8, 4) is 11.1 Å². The van der Waals surface area contributed by atoms with E-state index in [0.717, 1.165) is 16.8 Å². The predicted octanol–water partition coefficient (Wildman–Crippen LogP) is 4.22. The lowest BCUT2D eigenvalue weighted by Gasteiger charge is -2.11. The zero-order valence-electron chi connectivity index (χ0n) is 18.4. The highest BCUT2D eigenvalue weighted by molar-refractivity contribution is 5.90. The van der Waals surface area contributed by atoms with Crippen LogP contribution in [0.15, 0.2) is 64.1 Å². The molecule has 0 saturated carbocycles. The molecule has 1 unspecified atom stereocenters. The number of nitrogens with two attached hydrogens (primary N) is 1. The van der Waals surface area contributed by atoms with E-state index < -0.39 is 0 Å². The molecule has 3 rings (SSSR count). The molecule has 0 spiro atoms. The molecular formula is C24H29FN4O3. The van der Waals surface area contributed by atoms with Crippen LogP contribution < -0.4 is 11.1 Å². The number of methoxy groups -OCH3 is 1. The second-order valence-corrected chi connectivity index (χ2v) is 7.39. The molecule has 2 aromatic carbocycles. The minimum absolute atomic E-state index is 0.206. The minimum atomic E-state index is -0.225. The van der Waals surface area contributed by atoms with E-state index in [1.165, 1.54) is 6.07 Å². The number of ether oxygens (including phenoxy) is 2. The molecule has 0 fully saturated rings. The normalized spacial score (nSPS) is 12.7. The molecule has 32 heavy (non-hydrogen) atoms. The summed E-state index contributed by atoms with van der Waals surface area (Å²) in [6.45, 7) is 4.07. The van der Waals surface area contributed by atoms with Crippen LogP contribution >= 0.6 is 0 Å². The molecule has 0 bridgehead atoms. The third kappa shape index (κ3) is 6.90. The maximum atomic E-state index is 14.0. The maximum absolute atomic E-state index is 14.0. The zero-order chi connectivity index (χ0) is 22.8. The largest absolute Gasteiger partial charge is 0.382 e. The first kappa shape index (κ1) is 23.4. The summed E-state index contributed by atoms with van der Waals surface area (Å²) < 4.78 is 29.5. The number of hydrogen-bond donors (Lipinski definition) is 2. The summed E-state index contributed by atoms with van der Waals surface area (Å²) in [7, 11) is 1.62. The van der Waals surface area contributed by atoms with Gasteiger partial charge in [-0.3, -0.25) is 10.3 Å². The van der Waals surface area contributed by atoms with E-state index in [1.54, 1.807) is 19.2 Å². The van der Waals surface area contributed by atoms with Crippen molar-refractivity contribution in [2.24, 2.45) is 10.7 Å². The summed E-state index contributed by atoms with van der Waals surface area (Å²) in [5.74, 6) is 0.652. The molecule has 8 heteroatoms. The van der Waals surface area contributed by atoms with Gasteiger partial charge in [0.2, 0.25) is 5.88 Å². The van der Waals surface area contributed by atoms with Crippen LogP contribution in [0.4, 0.5) is 10.3 Å². The molecule has 3 N–H and O–H groups in total. The number of aromatic nitrogens is 1. The average molecular weight is 441 g/mol. The fraction of sp³-hybridized carbons (Fsp3) is 0.333. The first-order valence-corrected chi connectivity index (χ1v) is 10.5. The molecule has 1 aromatic heterocycles. The van der Waals surface area contributed by atoms with Crippen molar-refractivity contribution < 1.29 is 18.4 Å². The highest BCUT2D eigenvalue weighted by atomic mass is 19.1. The lowest BCUT2D eigenvalue weighted by atomic mass is 9.94. The third-order valence-corrected chi connectivity index (χ3v) is 4.94. The van der Waals surface area contributed by atoms with Crippen molar-refractivity contribution in [3.05, 3.63) is 71.7 Å².